The van der Waals surface area contributed by atoms with Crippen LogP contribution in [0.5, 0.6) is 0 Å². The molecular formula is C21H19BrFNO4S. The highest BCUT2D eigenvalue weighted by atomic mass is 79.9. The molecule has 0 bridgehead atoms. The van der Waals surface area contributed by atoms with Gasteiger partial charge < -0.3 is 9.32 Å². The first-order chi connectivity index (χ1) is 13.7. The first-order valence-electron chi connectivity index (χ1n) is 9.18. The van der Waals surface area contributed by atoms with Gasteiger partial charge in [-0.2, -0.15) is 0 Å². The molecular weight excluding hydrogens is 461 g/mol. The Bertz CT molecular complexity index is 1200. The molecule has 1 aliphatic rings. The second-order valence-corrected chi connectivity index (χ2v) is 10.4. The molecule has 1 atom stereocenters. The number of nitrogens with zero attached hydrogens (tertiary/aromatic N) is 1. The van der Waals surface area contributed by atoms with E-state index in [1.54, 1.807) is 31.2 Å². The molecule has 1 aromatic heterocycles. The molecule has 1 fully saturated rings. The second kappa shape index (κ2) is 7.57. The third-order valence-electron chi connectivity index (χ3n) is 5.30. The van der Waals surface area contributed by atoms with Gasteiger partial charge in [0.15, 0.2) is 15.6 Å². The Morgan fingerprint density at radius 3 is 2.72 bits per heavy atom. The lowest BCUT2D eigenvalue weighted by Gasteiger charge is -2.28. The summed E-state index contributed by atoms with van der Waals surface area (Å²) in [5.41, 5.74) is 1.57. The molecule has 0 N–H and O–H groups in total. The van der Waals surface area contributed by atoms with Gasteiger partial charge in [0.1, 0.15) is 11.4 Å². The molecule has 1 saturated heterocycles. The minimum absolute atomic E-state index is 0.0186. The third-order valence-corrected chi connectivity index (χ3v) is 7.55. The Kier molecular flexibility index (Phi) is 5.25. The van der Waals surface area contributed by atoms with Gasteiger partial charge in [0.2, 0.25) is 0 Å². The molecule has 152 valence electrons. The Morgan fingerprint density at radius 1 is 1.28 bits per heavy atom. The van der Waals surface area contributed by atoms with Crippen LogP contribution in [0.15, 0.2) is 51.4 Å². The van der Waals surface area contributed by atoms with E-state index in [1.165, 1.54) is 11.0 Å². The van der Waals surface area contributed by atoms with Gasteiger partial charge in [0.05, 0.1) is 11.5 Å². The number of halogens is 2. The largest absolute Gasteiger partial charge is 0.451 e. The van der Waals surface area contributed by atoms with Crippen molar-refractivity contribution in [2.45, 2.75) is 25.9 Å². The van der Waals surface area contributed by atoms with Gasteiger partial charge in [-0.25, -0.2) is 12.8 Å². The van der Waals surface area contributed by atoms with E-state index >= 15 is 0 Å². The highest BCUT2D eigenvalue weighted by Crippen LogP contribution is 2.31. The summed E-state index contributed by atoms with van der Waals surface area (Å²) in [4.78, 5) is 14.9. The fourth-order valence-corrected chi connectivity index (χ4v) is 5.80. The van der Waals surface area contributed by atoms with E-state index in [4.69, 9.17) is 4.42 Å². The van der Waals surface area contributed by atoms with Crippen LogP contribution in [0, 0.1) is 12.7 Å². The van der Waals surface area contributed by atoms with Crippen LogP contribution in [-0.2, 0) is 16.4 Å². The molecule has 1 amide bonds. The number of benzene rings is 2. The predicted molar refractivity (Wildman–Crippen MR) is 112 cm³/mol. The van der Waals surface area contributed by atoms with Crippen molar-refractivity contribution in [1.29, 1.82) is 0 Å². The van der Waals surface area contributed by atoms with Crippen LogP contribution < -0.4 is 0 Å². The van der Waals surface area contributed by atoms with Gasteiger partial charge in [0, 0.05) is 33.6 Å². The van der Waals surface area contributed by atoms with Gasteiger partial charge in [-0.15, -0.1) is 0 Å². The number of rotatable bonds is 4. The molecule has 5 nitrogen and oxygen atoms in total. The molecule has 29 heavy (non-hydrogen) atoms. The summed E-state index contributed by atoms with van der Waals surface area (Å²) in [6.45, 7) is 1.77. The summed E-state index contributed by atoms with van der Waals surface area (Å²) in [7, 11) is -3.22. The topological polar surface area (TPSA) is 67.6 Å². The number of carbonyl (C=O) groups is 1. The van der Waals surface area contributed by atoms with Crippen LogP contribution in [0.2, 0.25) is 0 Å². The number of aryl methyl sites for hydroxylation is 1. The summed E-state index contributed by atoms with van der Waals surface area (Å²) in [5, 5.41) is 0.807. The minimum Gasteiger partial charge on any atom is -0.451 e. The smallest absolute Gasteiger partial charge is 0.290 e. The summed E-state index contributed by atoms with van der Waals surface area (Å²) in [5.74, 6) is -0.821. The average Bonchev–Trinajstić information content (AvgIpc) is 3.19. The van der Waals surface area contributed by atoms with Crippen LogP contribution in [-0.4, -0.2) is 36.8 Å². The molecule has 4 rings (SSSR count). The van der Waals surface area contributed by atoms with E-state index in [9.17, 15) is 17.6 Å². The zero-order valence-corrected chi connectivity index (χ0v) is 18.1. The van der Waals surface area contributed by atoms with E-state index in [2.05, 4.69) is 15.9 Å². The molecule has 0 aliphatic carbocycles. The third kappa shape index (κ3) is 3.96. The molecule has 2 heterocycles. The highest BCUT2D eigenvalue weighted by Gasteiger charge is 2.37. The maximum absolute atomic E-state index is 14.3. The predicted octanol–water partition coefficient (Wildman–Crippen LogP) is 4.47. The molecule has 1 aliphatic heterocycles. The number of fused-ring (bicyclic) bond motifs is 1. The van der Waals surface area contributed by atoms with Crippen molar-refractivity contribution in [3.63, 3.8) is 0 Å². The average molecular weight is 480 g/mol. The van der Waals surface area contributed by atoms with Gasteiger partial charge in [-0.05, 0) is 37.6 Å². The Labute approximate surface area is 176 Å². The van der Waals surface area contributed by atoms with Crippen molar-refractivity contribution in [2.24, 2.45) is 0 Å². The zero-order chi connectivity index (χ0) is 20.8. The summed E-state index contributed by atoms with van der Waals surface area (Å²) >= 11 is 3.39. The van der Waals surface area contributed by atoms with Gasteiger partial charge in [0.25, 0.3) is 5.91 Å². The zero-order valence-electron chi connectivity index (χ0n) is 15.7. The first-order valence-corrected chi connectivity index (χ1v) is 11.8. The van der Waals surface area contributed by atoms with Crippen molar-refractivity contribution < 1.29 is 22.0 Å². The SMILES string of the molecule is Cc1c(C(=O)N(Cc2ccccc2F)C2CCS(=O)(=O)C2)oc2cc(Br)ccc12. The monoisotopic (exact) mass is 479 g/mol. The van der Waals surface area contributed by atoms with Crippen molar-refractivity contribution in [3.05, 3.63) is 69.6 Å². The molecule has 1 unspecified atom stereocenters. The number of carbonyl (C=O) groups excluding carboxylic acids is 1. The van der Waals surface area contributed by atoms with Gasteiger partial charge in [-0.3, -0.25) is 4.79 Å². The lowest BCUT2D eigenvalue weighted by molar-refractivity contribution is 0.0647. The maximum atomic E-state index is 14.3. The molecule has 3 aromatic rings. The van der Waals surface area contributed by atoms with Gasteiger partial charge >= 0.3 is 0 Å². The van der Waals surface area contributed by atoms with E-state index < -0.39 is 27.6 Å². The van der Waals surface area contributed by atoms with Crippen LogP contribution in [0.3, 0.4) is 0 Å². The molecule has 2 aromatic carbocycles. The maximum Gasteiger partial charge on any atom is 0.290 e. The Morgan fingerprint density at radius 2 is 2.03 bits per heavy atom. The number of hydrogen-bond acceptors (Lipinski definition) is 4. The van der Waals surface area contributed by atoms with Crippen molar-refractivity contribution in [2.75, 3.05) is 11.5 Å². The van der Waals surface area contributed by atoms with Crippen molar-refractivity contribution >= 4 is 42.6 Å². The van der Waals surface area contributed by atoms with Gasteiger partial charge in [-0.1, -0.05) is 34.1 Å². The number of sulfone groups is 1. The lowest BCUT2D eigenvalue weighted by Crippen LogP contribution is -2.41. The normalized spacial score (nSPS) is 18.2. The minimum atomic E-state index is -3.22. The molecule has 0 spiro atoms. The van der Waals surface area contributed by atoms with E-state index in [0.29, 0.717) is 23.1 Å². The van der Waals surface area contributed by atoms with Crippen LogP contribution >= 0.6 is 15.9 Å². The fraction of sp³-hybridized carbons (Fsp3) is 0.286. The van der Waals surface area contributed by atoms with E-state index in [1.807, 2.05) is 12.1 Å². The lowest BCUT2D eigenvalue weighted by atomic mass is 10.1. The molecule has 0 saturated carbocycles. The quantitative estimate of drug-likeness (QED) is 0.553. The van der Waals surface area contributed by atoms with Crippen molar-refractivity contribution in [3.8, 4) is 0 Å². The summed E-state index contributed by atoms with van der Waals surface area (Å²) in [6, 6.07) is 11.2. The number of hydrogen-bond donors (Lipinski definition) is 0. The van der Waals surface area contributed by atoms with Crippen LogP contribution in [0.4, 0.5) is 4.39 Å². The Balaban J connectivity index is 1.75. The Hall–Kier alpha value is -2.19. The van der Waals surface area contributed by atoms with E-state index in [0.717, 1.165) is 9.86 Å². The van der Waals surface area contributed by atoms with Crippen LogP contribution in [0.1, 0.15) is 28.1 Å². The molecule has 0 radical (unpaired) electrons. The summed E-state index contributed by atoms with van der Waals surface area (Å²) in [6.07, 6.45) is 0.327. The summed E-state index contributed by atoms with van der Waals surface area (Å²) < 4.78 is 45.0. The number of amides is 1. The first kappa shape index (κ1) is 20.1. The second-order valence-electron chi connectivity index (χ2n) is 7.28. The standard InChI is InChI=1S/C21H19BrFNO4S/c1-13-17-7-6-15(22)10-19(17)28-20(13)21(25)24(16-8-9-29(26,27)12-16)11-14-4-2-3-5-18(14)23/h2-7,10,16H,8-9,11-12H2,1H3. The van der Waals surface area contributed by atoms with E-state index in [-0.39, 0.29) is 23.8 Å². The van der Waals surface area contributed by atoms with Crippen LogP contribution in [0.25, 0.3) is 11.0 Å². The highest BCUT2D eigenvalue weighted by molar-refractivity contribution is 9.10. The fourth-order valence-electron chi connectivity index (χ4n) is 3.73. The van der Waals surface area contributed by atoms with Crippen molar-refractivity contribution in [1.82, 2.24) is 4.90 Å². The number of furan rings is 1. The molecule has 8 heteroatoms.